The molecule has 0 aromatic carbocycles. The number of hydrogen-bond acceptors (Lipinski definition) is 4. The Hall–Kier alpha value is -1.07. The lowest BCUT2D eigenvalue weighted by Gasteiger charge is -2.33. The summed E-state index contributed by atoms with van der Waals surface area (Å²) >= 11 is 6.26. The van der Waals surface area contributed by atoms with Crippen LogP contribution in [-0.2, 0) is 6.54 Å². The molecule has 6 heteroatoms. The second-order valence-corrected chi connectivity index (χ2v) is 5.71. The van der Waals surface area contributed by atoms with Crippen molar-refractivity contribution in [2.24, 2.45) is 0 Å². The highest BCUT2D eigenvalue weighted by atomic mass is 35.5. The molecule has 2 heterocycles. The summed E-state index contributed by atoms with van der Waals surface area (Å²) in [5.41, 5.74) is 0.548. The van der Waals surface area contributed by atoms with E-state index in [2.05, 4.69) is 22.2 Å². The highest BCUT2D eigenvalue weighted by Gasteiger charge is 2.21. The van der Waals surface area contributed by atoms with Gasteiger partial charge in [0.15, 0.2) is 0 Å². The van der Waals surface area contributed by atoms with E-state index < -0.39 is 0 Å². The molecule has 1 fully saturated rings. The number of anilines is 1. The average Bonchev–Trinajstić information content (AvgIpc) is 2.49. The van der Waals surface area contributed by atoms with Crippen molar-refractivity contribution < 1.29 is 0 Å². The van der Waals surface area contributed by atoms with Gasteiger partial charge >= 0.3 is 0 Å². The molecule has 112 valence electrons. The molecule has 1 aromatic heterocycles. The van der Waals surface area contributed by atoms with Crippen LogP contribution in [0.15, 0.2) is 11.0 Å². The van der Waals surface area contributed by atoms with E-state index in [1.807, 2.05) is 7.05 Å². The average molecular weight is 299 g/mol. The Labute approximate surface area is 124 Å². The lowest BCUT2D eigenvalue weighted by Crippen LogP contribution is -2.45. The van der Waals surface area contributed by atoms with E-state index in [1.165, 1.54) is 4.68 Å². The quantitative estimate of drug-likeness (QED) is 0.902. The minimum Gasteiger partial charge on any atom is -0.368 e. The first kappa shape index (κ1) is 15.3. The minimum atomic E-state index is -0.187. The monoisotopic (exact) mass is 298 g/mol. The van der Waals surface area contributed by atoms with Gasteiger partial charge in [-0.3, -0.25) is 4.79 Å². The van der Waals surface area contributed by atoms with E-state index >= 15 is 0 Å². The van der Waals surface area contributed by atoms with Crippen molar-refractivity contribution >= 4 is 17.3 Å². The van der Waals surface area contributed by atoms with Crippen LogP contribution in [0.5, 0.6) is 0 Å². The highest BCUT2D eigenvalue weighted by Crippen LogP contribution is 2.23. The number of aryl methyl sites for hydroxylation is 1. The Morgan fingerprint density at radius 3 is 3.05 bits per heavy atom. The SMILES string of the molecule is CCCCn1ncc(N(C)C2CCCNC2)c(Cl)c1=O. The fourth-order valence-corrected chi connectivity index (χ4v) is 2.81. The molecule has 1 atom stereocenters. The van der Waals surface area contributed by atoms with Gasteiger partial charge in [0, 0.05) is 26.2 Å². The summed E-state index contributed by atoms with van der Waals surface area (Å²) in [4.78, 5) is 14.3. The Morgan fingerprint density at radius 1 is 1.60 bits per heavy atom. The van der Waals surface area contributed by atoms with Gasteiger partial charge in [0.05, 0.1) is 11.9 Å². The number of rotatable bonds is 5. The molecule has 0 saturated carbocycles. The van der Waals surface area contributed by atoms with Crippen LogP contribution in [0.25, 0.3) is 0 Å². The van der Waals surface area contributed by atoms with Gasteiger partial charge in [0.2, 0.25) is 0 Å². The Bertz CT molecular complexity index is 496. The van der Waals surface area contributed by atoms with Gasteiger partial charge in [-0.05, 0) is 25.8 Å². The molecule has 1 aliphatic heterocycles. The number of aromatic nitrogens is 2. The van der Waals surface area contributed by atoms with Crippen molar-refractivity contribution in [2.45, 2.75) is 45.2 Å². The van der Waals surface area contributed by atoms with Crippen molar-refractivity contribution in [1.82, 2.24) is 15.1 Å². The lowest BCUT2D eigenvalue weighted by molar-refractivity contribution is 0.444. The van der Waals surface area contributed by atoms with Crippen LogP contribution in [0, 0.1) is 0 Å². The van der Waals surface area contributed by atoms with Gasteiger partial charge in [-0.2, -0.15) is 5.10 Å². The molecule has 0 aliphatic carbocycles. The Kier molecular flexibility index (Phi) is 5.43. The van der Waals surface area contributed by atoms with Gasteiger partial charge in [-0.15, -0.1) is 0 Å². The zero-order chi connectivity index (χ0) is 14.5. The molecule has 0 radical (unpaired) electrons. The predicted molar refractivity (Wildman–Crippen MR) is 82.7 cm³/mol. The molecule has 1 aliphatic rings. The van der Waals surface area contributed by atoms with Crippen LogP contribution in [0.3, 0.4) is 0 Å². The lowest BCUT2D eigenvalue weighted by atomic mass is 10.1. The summed E-state index contributed by atoms with van der Waals surface area (Å²) in [5, 5.41) is 7.90. The molecule has 0 amide bonds. The molecular weight excluding hydrogens is 276 g/mol. The van der Waals surface area contributed by atoms with Gasteiger partial charge in [0.25, 0.3) is 5.56 Å². The summed E-state index contributed by atoms with van der Waals surface area (Å²) in [6, 6.07) is 0.369. The molecule has 1 N–H and O–H groups in total. The topological polar surface area (TPSA) is 50.2 Å². The Morgan fingerprint density at radius 2 is 2.40 bits per heavy atom. The minimum absolute atomic E-state index is 0.187. The van der Waals surface area contributed by atoms with Gasteiger partial charge in [-0.1, -0.05) is 24.9 Å². The molecule has 0 bridgehead atoms. The number of halogens is 1. The second-order valence-electron chi connectivity index (χ2n) is 5.34. The molecule has 1 saturated heterocycles. The van der Waals surface area contributed by atoms with Crippen LogP contribution in [0.4, 0.5) is 5.69 Å². The summed E-state index contributed by atoms with van der Waals surface area (Å²) in [5.74, 6) is 0. The third-order valence-electron chi connectivity index (χ3n) is 3.89. The fourth-order valence-electron chi connectivity index (χ4n) is 2.53. The number of likely N-dealkylation sites (N-methyl/N-ethyl adjacent to an activating group) is 1. The van der Waals surface area contributed by atoms with E-state index in [4.69, 9.17) is 11.6 Å². The maximum Gasteiger partial charge on any atom is 0.287 e. The summed E-state index contributed by atoms with van der Waals surface area (Å²) < 4.78 is 1.46. The van der Waals surface area contributed by atoms with Crippen molar-refractivity contribution in [3.63, 3.8) is 0 Å². The van der Waals surface area contributed by atoms with Crippen molar-refractivity contribution in [1.29, 1.82) is 0 Å². The van der Waals surface area contributed by atoms with Crippen LogP contribution in [0.1, 0.15) is 32.6 Å². The molecule has 20 heavy (non-hydrogen) atoms. The Balaban J connectivity index is 2.19. The van der Waals surface area contributed by atoms with Crippen LogP contribution >= 0.6 is 11.6 Å². The zero-order valence-corrected chi connectivity index (χ0v) is 13.0. The largest absolute Gasteiger partial charge is 0.368 e. The van der Waals surface area contributed by atoms with Crippen molar-refractivity contribution in [3.8, 4) is 0 Å². The van der Waals surface area contributed by atoms with Gasteiger partial charge < -0.3 is 10.2 Å². The van der Waals surface area contributed by atoms with E-state index in [0.717, 1.165) is 44.5 Å². The number of nitrogens with zero attached hydrogens (tertiary/aromatic N) is 3. The smallest absolute Gasteiger partial charge is 0.287 e. The maximum atomic E-state index is 12.2. The molecule has 1 aromatic rings. The maximum absolute atomic E-state index is 12.2. The summed E-state index contributed by atoms with van der Waals surface area (Å²) in [6.45, 7) is 4.70. The molecular formula is C14H23ClN4O. The fraction of sp³-hybridized carbons (Fsp3) is 0.714. The molecule has 2 rings (SSSR count). The predicted octanol–water partition coefficient (Wildman–Crippen LogP) is 1.88. The standard InChI is InChI=1S/C14H23ClN4O/c1-3-4-8-19-14(20)13(15)12(10-17-19)18(2)11-6-5-7-16-9-11/h10-11,16H,3-9H2,1-2H3. The van der Waals surface area contributed by atoms with Crippen LogP contribution < -0.4 is 15.8 Å². The first-order valence-electron chi connectivity index (χ1n) is 7.34. The van der Waals surface area contributed by atoms with Crippen molar-refractivity contribution in [2.75, 3.05) is 25.0 Å². The van der Waals surface area contributed by atoms with E-state index in [9.17, 15) is 4.79 Å². The molecule has 1 unspecified atom stereocenters. The molecule has 5 nitrogen and oxygen atoms in total. The number of unbranched alkanes of at least 4 members (excludes halogenated alkanes) is 1. The zero-order valence-electron chi connectivity index (χ0n) is 12.2. The van der Waals surface area contributed by atoms with Crippen LogP contribution in [0.2, 0.25) is 5.02 Å². The number of nitrogens with one attached hydrogen (secondary N) is 1. The third-order valence-corrected chi connectivity index (χ3v) is 4.24. The number of hydrogen-bond donors (Lipinski definition) is 1. The first-order valence-corrected chi connectivity index (χ1v) is 7.72. The third kappa shape index (κ3) is 3.33. The van der Waals surface area contributed by atoms with Crippen LogP contribution in [-0.4, -0.2) is 36.0 Å². The first-order chi connectivity index (χ1) is 9.65. The van der Waals surface area contributed by atoms with E-state index in [-0.39, 0.29) is 10.6 Å². The van der Waals surface area contributed by atoms with E-state index in [1.54, 1.807) is 6.20 Å². The molecule has 0 spiro atoms. The van der Waals surface area contributed by atoms with Gasteiger partial charge in [0.1, 0.15) is 5.02 Å². The summed E-state index contributed by atoms with van der Waals surface area (Å²) in [6.07, 6.45) is 5.94. The number of piperidine rings is 1. The normalized spacial score (nSPS) is 19.1. The van der Waals surface area contributed by atoms with Gasteiger partial charge in [-0.25, -0.2) is 4.68 Å². The van der Waals surface area contributed by atoms with Crippen molar-refractivity contribution in [3.05, 3.63) is 21.6 Å². The second kappa shape index (κ2) is 7.09. The summed E-state index contributed by atoms with van der Waals surface area (Å²) in [7, 11) is 1.98. The highest BCUT2D eigenvalue weighted by molar-refractivity contribution is 6.33. The van der Waals surface area contributed by atoms with E-state index in [0.29, 0.717) is 12.6 Å².